The topological polar surface area (TPSA) is 108 Å². The molecule has 0 spiro atoms. The highest BCUT2D eigenvalue weighted by atomic mass is 16.6. The van der Waals surface area contributed by atoms with Crippen LogP contribution in [0.3, 0.4) is 0 Å². The van der Waals surface area contributed by atoms with E-state index in [0.717, 1.165) is 30.5 Å². The summed E-state index contributed by atoms with van der Waals surface area (Å²) in [5.74, 6) is 0.923. The Kier molecular flexibility index (Phi) is 4.45. The maximum absolute atomic E-state index is 12.0. The zero-order chi connectivity index (χ0) is 17.1. The fourth-order valence-electron chi connectivity index (χ4n) is 2.66. The number of rotatable bonds is 5. The number of ether oxygens (including phenoxy) is 1. The lowest BCUT2D eigenvalue weighted by atomic mass is 9.89. The molecule has 0 aliphatic heterocycles. The van der Waals surface area contributed by atoms with Gasteiger partial charge in [0.25, 0.3) is 11.6 Å². The van der Waals surface area contributed by atoms with Crippen LogP contribution in [0.5, 0.6) is 5.75 Å². The van der Waals surface area contributed by atoms with Crippen LogP contribution in [-0.2, 0) is 17.6 Å². The first kappa shape index (κ1) is 16.0. The molecule has 24 heavy (non-hydrogen) atoms. The molecule has 0 saturated heterocycles. The lowest BCUT2D eigenvalue weighted by Crippen LogP contribution is -2.21. The first-order valence-electron chi connectivity index (χ1n) is 7.67. The van der Waals surface area contributed by atoms with Crippen LogP contribution in [0.25, 0.3) is 0 Å². The summed E-state index contributed by atoms with van der Waals surface area (Å²) in [7, 11) is 0. The van der Waals surface area contributed by atoms with Crippen LogP contribution in [-0.4, -0.2) is 22.6 Å². The summed E-state index contributed by atoms with van der Waals surface area (Å²) in [4.78, 5) is 22.1. The Morgan fingerprint density at radius 3 is 2.92 bits per heavy atom. The maximum Gasteiger partial charge on any atom is 0.269 e. The van der Waals surface area contributed by atoms with Crippen molar-refractivity contribution in [1.82, 2.24) is 5.16 Å². The normalized spacial score (nSPS) is 16.3. The molecule has 1 heterocycles. The third-order valence-corrected chi connectivity index (χ3v) is 3.97. The van der Waals surface area contributed by atoms with Gasteiger partial charge in [0, 0.05) is 17.7 Å². The van der Waals surface area contributed by atoms with E-state index < -0.39 is 4.92 Å². The Balaban J connectivity index is 1.56. The van der Waals surface area contributed by atoms with Gasteiger partial charge in [0.1, 0.15) is 5.75 Å². The van der Waals surface area contributed by atoms with Crippen molar-refractivity contribution in [3.05, 3.63) is 45.6 Å². The Morgan fingerprint density at radius 1 is 1.46 bits per heavy atom. The number of hydrogen-bond donors (Lipinski definition) is 1. The number of nitro groups is 1. The molecular weight excluding hydrogens is 314 g/mol. The molecule has 0 fully saturated rings. The van der Waals surface area contributed by atoms with Gasteiger partial charge in [-0.1, -0.05) is 12.1 Å². The van der Waals surface area contributed by atoms with Gasteiger partial charge in [-0.3, -0.25) is 20.2 Å². The predicted molar refractivity (Wildman–Crippen MR) is 84.9 cm³/mol. The standard InChI is InChI=1S/C16H17N3O5/c1-10-2-7-14-13(8-10)16(24-18-14)17-15(20)9-23-12-5-3-11(4-6-12)19(21)22/h3-6,10H,2,7-9H2,1H3,(H,17,20). The summed E-state index contributed by atoms with van der Waals surface area (Å²) < 4.78 is 10.5. The first-order valence-corrected chi connectivity index (χ1v) is 7.67. The van der Waals surface area contributed by atoms with Gasteiger partial charge in [0.05, 0.1) is 10.6 Å². The van der Waals surface area contributed by atoms with Crippen molar-refractivity contribution in [2.75, 3.05) is 11.9 Å². The zero-order valence-electron chi connectivity index (χ0n) is 13.2. The van der Waals surface area contributed by atoms with E-state index in [9.17, 15) is 14.9 Å². The summed E-state index contributed by atoms with van der Waals surface area (Å²) in [6, 6.07) is 5.54. The van der Waals surface area contributed by atoms with Gasteiger partial charge >= 0.3 is 0 Å². The number of nitrogens with zero attached hydrogens (tertiary/aromatic N) is 2. The minimum Gasteiger partial charge on any atom is -0.484 e. The minimum absolute atomic E-state index is 0.0331. The van der Waals surface area contributed by atoms with Gasteiger partial charge in [0.15, 0.2) is 6.61 Å². The molecule has 2 aromatic rings. The third-order valence-electron chi connectivity index (χ3n) is 3.97. The Labute approximate surface area is 137 Å². The lowest BCUT2D eigenvalue weighted by Gasteiger charge is -2.16. The number of nitro benzene ring substituents is 1. The number of carbonyl (C=O) groups excluding carboxylic acids is 1. The molecule has 1 atom stereocenters. The summed E-state index contributed by atoms with van der Waals surface area (Å²) in [5.41, 5.74) is 1.83. The van der Waals surface area contributed by atoms with Gasteiger partial charge in [-0.05, 0) is 37.3 Å². The van der Waals surface area contributed by atoms with Gasteiger partial charge in [0.2, 0.25) is 5.88 Å². The highest BCUT2D eigenvalue weighted by Crippen LogP contribution is 2.30. The summed E-state index contributed by atoms with van der Waals surface area (Å²) in [6.45, 7) is 1.93. The lowest BCUT2D eigenvalue weighted by molar-refractivity contribution is -0.384. The smallest absolute Gasteiger partial charge is 0.269 e. The molecule has 8 nitrogen and oxygen atoms in total. The number of carbonyl (C=O) groups is 1. The van der Waals surface area contributed by atoms with Crippen molar-refractivity contribution in [2.24, 2.45) is 5.92 Å². The molecule has 1 aromatic carbocycles. The number of aromatic nitrogens is 1. The number of hydrogen-bond acceptors (Lipinski definition) is 6. The quantitative estimate of drug-likeness (QED) is 0.666. The average Bonchev–Trinajstić information content (AvgIpc) is 2.95. The number of amides is 1. The van der Waals surface area contributed by atoms with E-state index in [1.54, 1.807) is 0 Å². The van der Waals surface area contributed by atoms with Crippen molar-refractivity contribution < 1.29 is 19.0 Å². The zero-order valence-corrected chi connectivity index (χ0v) is 13.2. The second kappa shape index (κ2) is 6.69. The van der Waals surface area contributed by atoms with E-state index >= 15 is 0 Å². The number of aryl methyl sites for hydroxylation is 1. The van der Waals surface area contributed by atoms with Gasteiger partial charge in [-0.15, -0.1) is 0 Å². The molecule has 8 heteroatoms. The number of benzene rings is 1. The van der Waals surface area contributed by atoms with Crippen LogP contribution in [0.1, 0.15) is 24.6 Å². The van der Waals surface area contributed by atoms with Crippen molar-refractivity contribution in [1.29, 1.82) is 0 Å². The van der Waals surface area contributed by atoms with E-state index in [0.29, 0.717) is 17.6 Å². The number of fused-ring (bicyclic) bond motifs is 1. The second-order valence-electron chi connectivity index (χ2n) is 5.87. The fourth-order valence-corrected chi connectivity index (χ4v) is 2.66. The Morgan fingerprint density at radius 2 is 2.21 bits per heavy atom. The number of non-ortho nitro benzene ring substituents is 1. The molecule has 0 saturated carbocycles. The molecule has 1 aromatic heterocycles. The third kappa shape index (κ3) is 3.53. The van der Waals surface area contributed by atoms with Crippen molar-refractivity contribution in [3.8, 4) is 5.75 Å². The van der Waals surface area contributed by atoms with Crippen LogP contribution in [0.2, 0.25) is 0 Å². The molecule has 1 N–H and O–H groups in total. The Bertz CT molecular complexity index is 754. The molecule has 3 rings (SSSR count). The van der Waals surface area contributed by atoms with Crippen molar-refractivity contribution in [2.45, 2.75) is 26.2 Å². The van der Waals surface area contributed by atoms with Crippen molar-refractivity contribution >= 4 is 17.5 Å². The van der Waals surface area contributed by atoms with Crippen LogP contribution >= 0.6 is 0 Å². The van der Waals surface area contributed by atoms with Crippen LogP contribution in [0, 0.1) is 16.0 Å². The number of anilines is 1. The largest absolute Gasteiger partial charge is 0.484 e. The Hall–Kier alpha value is -2.90. The molecule has 1 aliphatic carbocycles. The van der Waals surface area contributed by atoms with E-state index in [4.69, 9.17) is 9.26 Å². The van der Waals surface area contributed by atoms with Crippen molar-refractivity contribution in [3.63, 3.8) is 0 Å². The van der Waals surface area contributed by atoms with Gasteiger partial charge in [-0.2, -0.15) is 0 Å². The van der Waals surface area contributed by atoms with E-state index in [1.165, 1.54) is 24.3 Å². The van der Waals surface area contributed by atoms with Crippen LogP contribution in [0.15, 0.2) is 28.8 Å². The molecule has 1 aliphatic rings. The molecule has 0 radical (unpaired) electrons. The second-order valence-corrected chi connectivity index (χ2v) is 5.87. The van der Waals surface area contributed by atoms with E-state index in [1.807, 2.05) is 0 Å². The average molecular weight is 331 g/mol. The molecule has 0 bridgehead atoms. The fraction of sp³-hybridized carbons (Fsp3) is 0.375. The van der Waals surface area contributed by atoms with Gasteiger partial charge in [-0.25, -0.2) is 0 Å². The molecule has 1 amide bonds. The summed E-state index contributed by atoms with van der Waals surface area (Å²) >= 11 is 0. The van der Waals surface area contributed by atoms with Gasteiger partial charge < -0.3 is 9.26 Å². The highest BCUT2D eigenvalue weighted by molar-refractivity contribution is 5.91. The SMILES string of the molecule is CC1CCc2noc(NC(=O)COc3ccc([N+](=O)[O-])cc3)c2C1. The first-order chi connectivity index (χ1) is 11.5. The summed E-state index contributed by atoms with van der Waals surface area (Å²) in [5, 5.41) is 17.2. The van der Waals surface area contributed by atoms with E-state index in [2.05, 4.69) is 17.4 Å². The maximum atomic E-state index is 12.0. The summed E-state index contributed by atoms with van der Waals surface area (Å²) in [6.07, 6.45) is 2.75. The molecule has 1 unspecified atom stereocenters. The van der Waals surface area contributed by atoms with Crippen LogP contribution < -0.4 is 10.1 Å². The number of nitrogens with one attached hydrogen (secondary N) is 1. The highest BCUT2D eigenvalue weighted by Gasteiger charge is 2.24. The van der Waals surface area contributed by atoms with Crippen LogP contribution in [0.4, 0.5) is 11.6 Å². The van der Waals surface area contributed by atoms with E-state index in [-0.39, 0.29) is 18.2 Å². The predicted octanol–water partition coefficient (Wildman–Crippen LogP) is 2.73. The minimum atomic E-state index is -0.496. The molecule has 126 valence electrons. The monoisotopic (exact) mass is 331 g/mol. The molecular formula is C16H17N3O5.